The van der Waals surface area contributed by atoms with E-state index < -0.39 is 4.92 Å². The predicted octanol–water partition coefficient (Wildman–Crippen LogP) is 1.68. The second-order valence-electron chi connectivity index (χ2n) is 4.66. The standard InChI is InChI=1S/C13H15N3O3/c14-8-11-2-1-3-12(13(11)16(18)19)15-6-4-10(9-15)5-7-17/h1-3,10,17H,4-7,9H2. The minimum atomic E-state index is -0.493. The van der Waals surface area contributed by atoms with Crippen molar-refractivity contribution in [2.45, 2.75) is 12.8 Å². The number of aliphatic hydroxyl groups excluding tert-OH is 1. The lowest BCUT2D eigenvalue weighted by Gasteiger charge is -2.18. The van der Waals surface area contributed by atoms with Gasteiger partial charge >= 0.3 is 5.69 Å². The Bertz CT molecular complexity index is 524. The first-order valence-electron chi connectivity index (χ1n) is 6.20. The van der Waals surface area contributed by atoms with Crippen LogP contribution in [0, 0.1) is 27.4 Å². The zero-order chi connectivity index (χ0) is 13.8. The third-order valence-electron chi connectivity index (χ3n) is 3.48. The minimum absolute atomic E-state index is 0.0908. The number of aliphatic hydroxyl groups is 1. The number of benzene rings is 1. The summed E-state index contributed by atoms with van der Waals surface area (Å²) in [5.41, 5.74) is 0.479. The Hall–Kier alpha value is -2.13. The smallest absolute Gasteiger partial charge is 0.310 e. The van der Waals surface area contributed by atoms with E-state index in [1.807, 2.05) is 11.0 Å². The van der Waals surface area contributed by atoms with Crippen LogP contribution in [0.4, 0.5) is 11.4 Å². The highest BCUT2D eigenvalue weighted by molar-refractivity contribution is 5.70. The molecule has 100 valence electrons. The van der Waals surface area contributed by atoms with E-state index in [1.165, 1.54) is 6.07 Å². The maximum Gasteiger partial charge on any atom is 0.310 e. The number of para-hydroxylation sites is 1. The van der Waals surface area contributed by atoms with Crippen molar-refractivity contribution in [2.75, 3.05) is 24.6 Å². The molecular weight excluding hydrogens is 246 g/mol. The first kappa shape index (κ1) is 13.3. The molecule has 1 unspecified atom stereocenters. The number of nitro benzene ring substituents is 1. The molecule has 0 amide bonds. The monoisotopic (exact) mass is 261 g/mol. The lowest BCUT2D eigenvalue weighted by molar-refractivity contribution is -0.384. The highest BCUT2D eigenvalue weighted by Crippen LogP contribution is 2.35. The zero-order valence-corrected chi connectivity index (χ0v) is 10.5. The Morgan fingerprint density at radius 3 is 3.00 bits per heavy atom. The molecule has 1 aromatic carbocycles. The van der Waals surface area contributed by atoms with Gasteiger partial charge in [-0.05, 0) is 30.9 Å². The number of rotatable bonds is 4. The van der Waals surface area contributed by atoms with Gasteiger partial charge in [0, 0.05) is 19.7 Å². The van der Waals surface area contributed by atoms with Gasteiger partial charge in [0.2, 0.25) is 0 Å². The summed E-state index contributed by atoms with van der Waals surface area (Å²) in [5.74, 6) is 0.357. The summed E-state index contributed by atoms with van der Waals surface area (Å²) in [4.78, 5) is 12.6. The molecule has 1 heterocycles. The quantitative estimate of drug-likeness (QED) is 0.657. The summed E-state index contributed by atoms with van der Waals surface area (Å²) < 4.78 is 0. The third-order valence-corrected chi connectivity index (χ3v) is 3.48. The molecular formula is C13H15N3O3. The number of nitrogens with zero attached hydrogens (tertiary/aromatic N) is 3. The summed E-state index contributed by atoms with van der Waals surface area (Å²) in [5, 5.41) is 29.1. The molecule has 1 aromatic rings. The van der Waals surface area contributed by atoms with Crippen molar-refractivity contribution >= 4 is 11.4 Å². The van der Waals surface area contributed by atoms with Crippen molar-refractivity contribution in [1.82, 2.24) is 0 Å². The van der Waals surface area contributed by atoms with E-state index in [0.29, 0.717) is 24.6 Å². The van der Waals surface area contributed by atoms with Crippen LogP contribution in [-0.2, 0) is 0 Å². The number of hydrogen-bond acceptors (Lipinski definition) is 5. The Labute approximate surface area is 111 Å². The van der Waals surface area contributed by atoms with Gasteiger partial charge in [-0.1, -0.05) is 6.07 Å². The van der Waals surface area contributed by atoms with Gasteiger partial charge in [0.1, 0.15) is 17.3 Å². The fourth-order valence-electron chi connectivity index (χ4n) is 2.54. The summed E-state index contributed by atoms with van der Waals surface area (Å²) in [6.07, 6.45) is 1.62. The van der Waals surface area contributed by atoms with Gasteiger partial charge in [0.25, 0.3) is 0 Å². The van der Waals surface area contributed by atoms with Crippen molar-refractivity contribution in [3.05, 3.63) is 33.9 Å². The van der Waals surface area contributed by atoms with E-state index in [9.17, 15) is 10.1 Å². The van der Waals surface area contributed by atoms with Crippen molar-refractivity contribution in [1.29, 1.82) is 5.26 Å². The maximum absolute atomic E-state index is 11.2. The Kier molecular flexibility index (Phi) is 3.97. The van der Waals surface area contributed by atoms with Crippen molar-refractivity contribution in [3.63, 3.8) is 0 Å². The average Bonchev–Trinajstić information content (AvgIpc) is 2.86. The lowest BCUT2D eigenvalue weighted by Crippen LogP contribution is -2.21. The van der Waals surface area contributed by atoms with E-state index in [2.05, 4.69) is 0 Å². The molecule has 1 atom stereocenters. The molecule has 1 fully saturated rings. The van der Waals surface area contributed by atoms with Crippen LogP contribution in [0.15, 0.2) is 18.2 Å². The second kappa shape index (κ2) is 5.67. The fraction of sp³-hybridized carbons (Fsp3) is 0.462. The van der Waals surface area contributed by atoms with Crippen LogP contribution in [-0.4, -0.2) is 29.7 Å². The van der Waals surface area contributed by atoms with Crippen LogP contribution in [0.5, 0.6) is 0 Å². The molecule has 0 aliphatic carbocycles. The molecule has 2 rings (SSSR count). The van der Waals surface area contributed by atoms with Crippen LogP contribution >= 0.6 is 0 Å². The van der Waals surface area contributed by atoms with Crippen molar-refractivity contribution in [3.8, 4) is 6.07 Å². The van der Waals surface area contributed by atoms with Gasteiger partial charge in [0.15, 0.2) is 0 Å². The highest BCUT2D eigenvalue weighted by atomic mass is 16.6. The van der Waals surface area contributed by atoms with E-state index in [4.69, 9.17) is 10.4 Å². The average molecular weight is 261 g/mol. The van der Waals surface area contributed by atoms with Crippen molar-refractivity contribution < 1.29 is 10.0 Å². The van der Waals surface area contributed by atoms with Gasteiger partial charge in [-0.2, -0.15) is 5.26 Å². The van der Waals surface area contributed by atoms with Gasteiger partial charge in [-0.25, -0.2) is 0 Å². The molecule has 1 aliphatic heterocycles. The molecule has 0 bridgehead atoms. The molecule has 19 heavy (non-hydrogen) atoms. The van der Waals surface area contributed by atoms with E-state index in [-0.39, 0.29) is 17.9 Å². The summed E-state index contributed by atoms with van der Waals surface area (Å²) in [6.45, 7) is 1.55. The molecule has 6 nitrogen and oxygen atoms in total. The minimum Gasteiger partial charge on any atom is -0.396 e. The first-order valence-corrected chi connectivity index (χ1v) is 6.20. The topological polar surface area (TPSA) is 90.4 Å². The van der Waals surface area contributed by atoms with E-state index >= 15 is 0 Å². The van der Waals surface area contributed by atoms with Gasteiger partial charge in [0.05, 0.1) is 4.92 Å². The van der Waals surface area contributed by atoms with Gasteiger partial charge in [-0.15, -0.1) is 0 Å². The number of nitro groups is 1. The van der Waals surface area contributed by atoms with Crippen LogP contribution in [0.2, 0.25) is 0 Å². The van der Waals surface area contributed by atoms with Crippen LogP contribution in [0.25, 0.3) is 0 Å². The van der Waals surface area contributed by atoms with Crippen LogP contribution in [0.1, 0.15) is 18.4 Å². The molecule has 0 spiro atoms. The SMILES string of the molecule is N#Cc1cccc(N2CCC(CCO)C2)c1[N+](=O)[O-]. The first-order chi connectivity index (χ1) is 9.17. The van der Waals surface area contributed by atoms with E-state index in [1.54, 1.807) is 12.1 Å². The normalized spacial score (nSPS) is 18.3. The second-order valence-corrected chi connectivity index (χ2v) is 4.66. The number of anilines is 1. The molecule has 1 aliphatic rings. The lowest BCUT2D eigenvalue weighted by atomic mass is 10.1. The van der Waals surface area contributed by atoms with Gasteiger partial charge < -0.3 is 10.0 Å². The van der Waals surface area contributed by atoms with Gasteiger partial charge in [-0.3, -0.25) is 10.1 Å². The summed E-state index contributed by atoms with van der Waals surface area (Å²) >= 11 is 0. The highest BCUT2D eigenvalue weighted by Gasteiger charge is 2.29. The summed E-state index contributed by atoms with van der Waals surface area (Å²) in [7, 11) is 0. The van der Waals surface area contributed by atoms with Crippen LogP contribution < -0.4 is 4.90 Å². The molecule has 0 saturated carbocycles. The molecule has 1 saturated heterocycles. The predicted molar refractivity (Wildman–Crippen MR) is 69.8 cm³/mol. The third kappa shape index (κ3) is 2.66. The van der Waals surface area contributed by atoms with Crippen LogP contribution in [0.3, 0.4) is 0 Å². The number of hydrogen-bond donors (Lipinski definition) is 1. The Morgan fingerprint density at radius 1 is 1.58 bits per heavy atom. The number of nitriles is 1. The molecule has 0 radical (unpaired) electrons. The zero-order valence-electron chi connectivity index (χ0n) is 10.5. The van der Waals surface area contributed by atoms with E-state index in [0.717, 1.165) is 13.0 Å². The molecule has 6 heteroatoms. The fourth-order valence-corrected chi connectivity index (χ4v) is 2.54. The summed E-state index contributed by atoms with van der Waals surface area (Å²) in [6, 6.07) is 6.68. The Morgan fingerprint density at radius 2 is 2.37 bits per heavy atom. The molecule has 1 N–H and O–H groups in total. The molecule has 0 aromatic heterocycles. The largest absolute Gasteiger partial charge is 0.396 e. The van der Waals surface area contributed by atoms with Crippen molar-refractivity contribution in [2.24, 2.45) is 5.92 Å². The Balaban J connectivity index is 2.31. The maximum atomic E-state index is 11.2.